The van der Waals surface area contributed by atoms with Crippen LogP contribution < -0.4 is 15.5 Å². The Labute approximate surface area is 172 Å². The van der Waals surface area contributed by atoms with Crippen LogP contribution in [0.15, 0.2) is 46.0 Å². The maximum Gasteiger partial charge on any atom is 0.341 e. The number of nitrogens with one attached hydrogen (secondary N) is 2. The highest BCUT2D eigenvalue weighted by Crippen LogP contribution is 2.31. The van der Waals surface area contributed by atoms with Gasteiger partial charge in [-0.3, -0.25) is 0 Å². The average Bonchev–Trinajstić information content (AvgIpc) is 2.56. The highest BCUT2D eigenvalue weighted by atomic mass is 127. The molecule has 2 aromatic rings. The summed E-state index contributed by atoms with van der Waals surface area (Å²) in [6.07, 6.45) is 1.48. The summed E-state index contributed by atoms with van der Waals surface area (Å²) in [5.74, 6) is -0.613. The van der Waals surface area contributed by atoms with E-state index in [0.717, 1.165) is 5.56 Å². The molecule has 0 fully saturated rings. The van der Waals surface area contributed by atoms with Gasteiger partial charge in [-0.1, -0.05) is 18.2 Å². The van der Waals surface area contributed by atoms with E-state index in [2.05, 4.69) is 31.8 Å². The van der Waals surface area contributed by atoms with Crippen molar-refractivity contribution in [2.24, 2.45) is 5.10 Å². The van der Waals surface area contributed by atoms with Crippen LogP contribution in [0.4, 0.5) is 10.5 Å². The molecule has 0 atom stereocenters. The standard InChI is InChI=1S/C17H15BrIN3O4/c1-10-4-2-3-5-14(10)21-17(25)22-20-8-11-6-12(18)16(13(19)7-11)26-9-15(23)24/h2-8H,9H2,1H3,(H,23,24)(H2,21,22,25). The van der Waals surface area contributed by atoms with Crippen LogP contribution in [0.2, 0.25) is 0 Å². The Morgan fingerprint density at radius 2 is 2.08 bits per heavy atom. The molecule has 0 aliphatic rings. The van der Waals surface area contributed by atoms with Crippen molar-refractivity contribution in [2.75, 3.05) is 11.9 Å². The van der Waals surface area contributed by atoms with Gasteiger partial charge in [0.1, 0.15) is 5.75 Å². The number of amides is 2. The van der Waals surface area contributed by atoms with Gasteiger partial charge in [-0.25, -0.2) is 15.0 Å². The van der Waals surface area contributed by atoms with Gasteiger partial charge in [-0.2, -0.15) is 5.10 Å². The molecule has 0 spiro atoms. The van der Waals surface area contributed by atoms with Crippen molar-refractivity contribution >= 4 is 62.4 Å². The number of rotatable bonds is 6. The van der Waals surface area contributed by atoms with Crippen molar-refractivity contribution in [2.45, 2.75) is 6.92 Å². The van der Waals surface area contributed by atoms with Gasteiger partial charge in [0, 0.05) is 5.69 Å². The third-order valence-electron chi connectivity index (χ3n) is 3.13. The number of carbonyl (C=O) groups excluding carboxylic acids is 1. The molecule has 0 saturated heterocycles. The minimum Gasteiger partial charge on any atom is -0.480 e. The van der Waals surface area contributed by atoms with E-state index in [1.165, 1.54) is 6.21 Å². The number of carboxylic acids is 1. The highest BCUT2D eigenvalue weighted by molar-refractivity contribution is 14.1. The van der Waals surface area contributed by atoms with E-state index in [9.17, 15) is 9.59 Å². The molecule has 0 aliphatic heterocycles. The molecule has 0 bridgehead atoms. The summed E-state index contributed by atoms with van der Waals surface area (Å²) >= 11 is 5.37. The lowest BCUT2D eigenvalue weighted by Crippen LogP contribution is -2.24. The summed E-state index contributed by atoms with van der Waals surface area (Å²) in [6.45, 7) is 1.47. The van der Waals surface area contributed by atoms with Crippen LogP contribution in [0, 0.1) is 10.5 Å². The van der Waals surface area contributed by atoms with Crippen LogP contribution in [0.3, 0.4) is 0 Å². The van der Waals surface area contributed by atoms with Gasteiger partial charge in [0.25, 0.3) is 0 Å². The zero-order valence-electron chi connectivity index (χ0n) is 13.6. The average molecular weight is 532 g/mol. The monoisotopic (exact) mass is 531 g/mol. The number of para-hydroxylation sites is 1. The Kier molecular flexibility index (Phi) is 7.39. The van der Waals surface area contributed by atoms with Gasteiger partial charge in [0.2, 0.25) is 0 Å². The number of nitrogens with zero attached hydrogens (tertiary/aromatic N) is 1. The van der Waals surface area contributed by atoms with E-state index in [4.69, 9.17) is 9.84 Å². The first kappa shape index (κ1) is 20.2. The minimum atomic E-state index is -1.05. The number of aliphatic carboxylic acids is 1. The van der Waals surface area contributed by atoms with E-state index in [0.29, 0.717) is 25.0 Å². The van der Waals surface area contributed by atoms with Crippen LogP contribution in [0.5, 0.6) is 5.75 Å². The zero-order chi connectivity index (χ0) is 19.1. The van der Waals surface area contributed by atoms with Gasteiger partial charge in [-0.15, -0.1) is 0 Å². The number of urea groups is 1. The molecule has 2 rings (SSSR count). The second-order valence-electron chi connectivity index (χ2n) is 5.14. The number of carboxylic acid groups (broad SMARTS) is 1. The molecule has 3 N–H and O–H groups in total. The second-order valence-corrected chi connectivity index (χ2v) is 7.15. The van der Waals surface area contributed by atoms with Crippen molar-refractivity contribution < 1.29 is 19.4 Å². The third kappa shape index (κ3) is 5.99. The minimum absolute atomic E-state index is 0.428. The SMILES string of the molecule is Cc1ccccc1NC(=O)NN=Cc1cc(Br)c(OCC(=O)O)c(I)c1. The van der Waals surface area contributed by atoms with Crippen LogP contribution in [0.25, 0.3) is 0 Å². The fourth-order valence-corrected chi connectivity index (χ4v) is 3.72. The summed E-state index contributed by atoms with van der Waals surface area (Å²) in [5, 5.41) is 15.3. The maximum absolute atomic E-state index is 11.9. The Bertz CT molecular complexity index is 835. The largest absolute Gasteiger partial charge is 0.480 e. The van der Waals surface area contributed by atoms with Crippen LogP contribution in [-0.4, -0.2) is 29.9 Å². The highest BCUT2D eigenvalue weighted by Gasteiger charge is 2.10. The number of hydrogen-bond donors (Lipinski definition) is 3. The molecular weight excluding hydrogens is 517 g/mol. The lowest BCUT2D eigenvalue weighted by atomic mass is 10.2. The van der Waals surface area contributed by atoms with Crippen molar-refractivity contribution in [1.82, 2.24) is 5.43 Å². The Morgan fingerprint density at radius 1 is 1.35 bits per heavy atom. The van der Waals surface area contributed by atoms with Crippen molar-refractivity contribution in [3.63, 3.8) is 0 Å². The predicted molar refractivity (Wildman–Crippen MR) is 111 cm³/mol. The molecule has 0 radical (unpaired) electrons. The smallest absolute Gasteiger partial charge is 0.341 e. The Balaban J connectivity index is 1.98. The number of ether oxygens (including phenoxy) is 1. The molecule has 0 saturated carbocycles. The van der Waals surface area contributed by atoms with Crippen molar-refractivity contribution in [1.29, 1.82) is 0 Å². The summed E-state index contributed by atoms with van der Waals surface area (Å²) in [7, 11) is 0. The first-order valence-electron chi connectivity index (χ1n) is 7.36. The lowest BCUT2D eigenvalue weighted by Gasteiger charge is -2.09. The molecule has 2 aromatic carbocycles. The molecule has 0 aliphatic carbocycles. The number of aryl methyl sites for hydroxylation is 1. The number of anilines is 1. The lowest BCUT2D eigenvalue weighted by molar-refractivity contribution is -0.139. The molecular formula is C17H15BrIN3O4. The molecule has 136 valence electrons. The van der Waals surface area contributed by atoms with Gasteiger partial charge in [-0.05, 0) is 74.8 Å². The fraction of sp³-hybridized carbons (Fsp3) is 0.118. The zero-order valence-corrected chi connectivity index (χ0v) is 17.4. The van der Waals surface area contributed by atoms with Crippen LogP contribution in [-0.2, 0) is 4.79 Å². The first-order chi connectivity index (χ1) is 12.4. The number of hydrazone groups is 1. The quantitative estimate of drug-likeness (QED) is 0.298. The van der Waals surface area contributed by atoms with E-state index < -0.39 is 18.6 Å². The van der Waals surface area contributed by atoms with E-state index in [-0.39, 0.29) is 0 Å². The summed E-state index contributed by atoms with van der Waals surface area (Å²) in [5.41, 5.74) is 4.75. The summed E-state index contributed by atoms with van der Waals surface area (Å²) < 4.78 is 6.53. The fourth-order valence-electron chi connectivity index (χ4n) is 1.95. The molecule has 26 heavy (non-hydrogen) atoms. The summed E-state index contributed by atoms with van der Waals surface area (Å²) in [4.78, 5) is 22.5. The maximum atomic E-state index is 11.9. The van der Waals surface area contributed by atoms with E-state index in [1.807, 2.05) is 47.7 Å². The number of carbonyl (C=O) groups is 2. The number of benzene rings is 2. The normalized spacial score (nSPS) is 10.6. The van der Waals surface area contributed by atoms with Crippen LogP contribution >= 0.6 is 38.5 Å². The topological polar surface area (TPSA) is 100 Å². The van der Waals surface area contributed by atoms with E-state index in [1.54, 1.807) is 18.2 Å². The van der Waals surface area contributed by atoms with Crippen molar-refractivity contribution in [3.8, 4) is 5.75 Å². The molecule has 0 heterocycles. The van der Waals surface area contributed by atoms with E-state index >= 15 is 0 Å². The molecule has 7 nitrogen and oxygen atoms in total. The molecule has 0 unspecified atom stereocenters. The van der Waals surface area contributed by atoms with Crippen molar-refractivity contribution in [3.05, 3.63) is 55.6 Å². The molecule has 9 heteroatoms. The van der Waals surface area contributed by atoms with Gasteiger partial charge >= 0.3 is 12.0 Å². The third-order valence-corrected chi connectivity index (χ3v) is 4.52. The first-order valence-corrected chi connectivity index (χ1v) is 9.23. The number of hydrogen-bond acceptors (Lipinski definition) is 4. The molecule has 2 amide bonds. The molecule has 0 aromatic heterocycles. The van der Waals surface area contributed by atoms with Gasteiger partial charge in [0.05, 0.1) is 14.3 Å². The van der Waals surface area contributed by atoms with Gasteiger partial charge in [0.15, 0.2) is 6.61 Å². The second kappa shape index (κ2) is 9.53. The summed E-state index contributed by atoms with van der Waals surface area (Å²) in [6, 6.07) is 10.4. The Morgan fingerprint density at radius 3 is 2.73 bits per heavy atom. The van der Waals surface area contributed by atoms with Gasteiger partial charge < -0.3 is 15.2 Å². The Hall–Kier alpha value is -2.14. The predicted octanol–water partition coefficient (Wildman–Crippen LogP) is 3.98. The van der Waals surface area contributed by atoms with Crippen LogP contribution in [0.1, 0.15) is 11.1 Å². The number of halogens is 2.